The predicted octanol–water partition coefficient (Wildman–Crippen LogP) is -4.82. The molecule has 0 aliphatic carbocycles. The minimum atomic E-state index is -2.41. The Balaban J connectivity index is 0.946. The maximum atomic E-state index is 13.6. The average molecular weight is 2000 g/mol. The molecule has 16 unspecified atom stereocenters. The van der Waals surface area contributed by atoms with Gasteiger partial charge < -0.3 is 209 Å². The number of unbranched alkanes of at least 4 members (excludes halogenated alkanes) is 27. The molecule has 0 aromatic heterocycles. The van der Waals surface area contributed by atoms with Crippen LogP contribution >= 0.6 is 0 Å². The van der Waals surface area contributed by atoms with Gasteiger partial charge in [-0.25, -0.2) is 0 Å². The number of hydrogen-bond donors (Lipinski definition) is 26. The first-order valence-electron chi connectivity index (χ1n) is 49.8. The monoisotopic (exact) mass is 2000 g/mol. The van der Waals surface area contributed by atoms with Gasteiger partial charge in [0.15, 0.2) is 50.3 Å². The third-order valence-electron chi connectivity index (χ3n) is 26.8. The third-order valence-corrected chi connectivity index (χ3v) is 26.8. The molecule has 0 radical (unpaired) electrons. The van der Waals surface area contributed by atoms with Gasteiger partial charge in [0.05, 0.1) is 71.1 Å². The van der Waals surface area contributed by atoms with Crippen molar-refractivity contribution in [3.05, 3.63) is 12.2 Å². The van der Waals surface area contributed by atoms with Gasteiger partial charge in [-0.2, -0.15) is 0 Å². The van der Waals surface area contributed by atoms with Crippen LogP contribution in [-0.4, -0.2) is 446 Å². The first kappa shape index (κ1) is 119. The zero-order valence-corrected chi connectivity index (χ0v) is 80.3. The smallest absolute Gasteiger partial charge is 0.220 e. The minimum Gasteiger partial charge on any atom is -0.394 e. The van der Waals surface area contributed by atoms with Crippen molar-refractivity contribution in [2.45, 2.75) is 492 Å². The van der Waals surface area contributed by atoms with Crippen molar-refractivity contribution in [2.24, 2.45) is 0 Å². The fraction of sp³-hybridized carbons (Fsp3) is 0.935. The van der Waals surface area contributed by atoms with Crippen molar-refractivity contribution < 1.29 is 207 Å². The van der Waals surface area contributed by atoms with Crippen LogP contribution in [0.2, 0.25) is 0 Å². The first-order chi connectivity index (χ1) is 66.1. The number of amides is 4. The van der Waals surface area contributed by atoms with E-state index in [-0.39, 0.29) is 12.3 Å². The van der Waals surface area contributed by atoms with Gasteiger partial charge >= 0.3 is 0 Å². The SMILES string of the molecule is CCCCCCCCCCCCC/C=C/[C@@H](O)[C@H](CO[C@@H]1OC(CO)[C@@H](O[C@@H]2OC(CO)[C@H](O)[C@H](O[C@@H]3OC(CO)[C@@H](O[C@@H]4OC(CO)[C@H](O)[C@H](O[C@@H]5OC(CO)[C@@H](O[C@@H]6OC(CO)[C@H](O)[C@H](O[C@@H]7OC(CO)[C@@H](O)[C@H](O)C7NC(C)=O)C6O)[C@H](O[C@H]6OC(C)[C@@H](O)C(O)[C@@H]6O)C5NC(C)=O)C4O)[C@H](O)C3NC(C)=O)C2O)[C@H](O)C1O)NC(=O)CCCCCCCCCCCCCCCCCCC. The highest BCUT2D eigenvalue weighted by Gasteiger charge is 2.61. The largest absolute Gasteiger partial charge is 0.394 e. The van der Waals surface area contributed by atoms with Gasteiger partial charge in [-0.3, -0.25) is 19.2 Å². The van der Waals surface area contributed by atoms with E-state index in [2.05, 4.69) is 35.1 Å². The maximum Gasteiger partial charge on any atom is 0.220 e. The Kier molecular flexibility index (Phi) is 53.3. The molecule has 0 aromatic carbocycles. The van der Waals surface area contributed by atoms with Crippen LogP contribution in [0.4, 0.5) is 0 Å². The molecule has 804 valence electrons. The summed E-state index contributed by atoms with van der Waals surface area (Å²) in [6, 6.07) is -6.71. The minimum absolute atomic E-state index is 0.151. The summed E-state index contributed by atoms with van der Waals surface area (Å²) in [6.45, 7) is 0.584. The molecule has 0 bridgehead atoms. The van der Waals surface area contributed by atoms with Crippen molar-refractivity contribution in [3.63, 3.8) is 0 Å². The number of hydrogen-bond acceptors (Lipinski definition) is 42. The summed E-state index contributed by atoms with van der Waals surface area (Å²) in [4.78, 5) is 52.8. The second-order valence-electron chi connectivity index (χ2n) is 37.7. The zero-order chi connectivity index (χ0) is 101. The van der Waals surface area contributed by atoms with Crippen LogP contribution in [0.1, 0.15) is 234 Å². The molecule has 8 heterocycles. The quantitative estimate of drug-likeness (QED) is 0.0201. The molecule has 138 heavy (non-hydrogen) atoms. The topological polar surface area (TPSA) is 709 Å². The summed E-state index contributed by atoms with van der Waals surface area (Å²) < 4.78 is 96.7. The van der Waals surface area contributed by atoms with Crippen molar-refractivity contribution in [1.29, 1.82) is 0 Å². The molecular formula is C92H164N4O42. The van der Waals surface area contributed by atoms with Crippen LogP contribution in [0.25, 0.3) is 0 Å². The van der Waals surface area contributed by atoms with Crippen molar-refractivity contribution in [2.75, 3.05) is 52.9 Å². The van der Waals surface area contributed by atoms with E-state index in [1.54, 1.807) is 6.08 Å². The summed E-state index contributed by atoms with van der Waals surface area (Å²) >= 11 is 0. The lowest BCUT2D eigenvalue weighted by atomic mass is 9.93. The highest BCUT2D eigenvalue weighted by Crippen LogP contribution is 2.41. The molecule has 0 saturated carbocycles. The Morgan fingerprint density at radius 3 is 1.01 bits per heavy atom. The molecule has 42 atom stereocenters. The first-order valence-corrected chi connectivity index (χ1v) is 49.8. The lowest BCUT2D eigenvalue weighted by molar-refractivity contribution is -0.396. The van der Waals surface area contributed by atoms with Crippen LogP contribution in [0.3, 0.4) is 0 Å². The molecule has 4 amide bonds. The van der Waals surface area contributed by atoms with Gasteiger partial charge in [0, 0.05) is 27.2 Å². The predicted molar refractivity (Wildman–Crippen MR) is 478 cm³/mol. The number of ether oxygens (including phenoxy) is 16. The van der Waals surface area contributed by atoms with Gasteiger partial charge in [-0.15, -0.1) is 0 Å². The highest BCUT2D eigenvalue weighted by atomic mass is 16.8. The van der Waals surface area contributed by atoms with Crippen LogP contribution in [0, 0.1) is 0 Å². The lowest BCUT2D eigenvalue weighted by Crippen LogP contribution is -2.72. The summed E-state index contributed by atoms with van der Waals surface area (Å²) in [5.74, 6) is -3.07. The van der Waals surface area contributed by atoms with Gasteiger partial charge in [0.2, 0.25) is 23.6 Å². The van der Waals surface area contributed by atoms with E-state index in [0.29, 0.717) is 12.8 Å². The normalized spacial score (nSPS) is 39.1. The molecule has 8 rings (SSSR count). The van der Waals surface area contributed by atoms with Crippen molar-refractivity contribution in [1.82, 2.24) is 21.3 Å². The van der Waals surface area contributed by atoms with E-state index in [4.69, 9.17) is 75.8 Å². The summed E-state index contributed by atoms with van der Waals surface area (Å²) in [5, 5.41) is 260. The van der Waals surface area contributed by atoms with Crippen molar-refractivity contribution in [3.8, 4) is 0 Å². The fourth-order valence-electron chi connectivity index (χ4n) is 18.8. The van der Waals surface area contributed by atoms with Crippen LogP contribution in [0.15, 0.2) is 12.2 Å². The molecule has 26 N–H and O–H groups in total. The van der Waals surface area contributed by atoms with Crippen molar-refractivity contribution >= 4 is 23.6 Å². The van der Waals surface area contributed by atoms with E-state index in [9.17, 15) is 132 Å². The Morgan fingerprint density at radius 2 is 0.601 bits per heavy atom. The molecule has 0 spiro atoms. The molecule has 8 aliphatic heterocycles. The van der Waals surface area contributed by atoms with Crippen LogP contribution in [-0.2, 0) is 95.0 Å². The fourth-order valence-corrected chi connectivity index (χ4v) is 18.8. The second-order valence-corrected chi connectivity index (χ2v) is 37.7. The number of carbonyl (C=O) groups excluding carboxylic acids is 4. The molecule has 8 fully saturated rings. The highest BCUT2D eigenvalue weighted by molar-refractivity contribution is 5.76. The Labute approximate surface area is 805 Å². The molecule has 0 aromatic rings. The number of carbonyl (C=O) groups is 4. The molecule has 8 aliphatic rings. The van der Waals surface area contributed by atoms with E-state index in [1.807, 2.05) is 6.08 Å². The number of rotatable bonds is 60. The Bertz CT molecular complexity index is 3420. The van der Waals surface area contributed by atoms with Gasteiger partial charge in [-0.05, 0) is 26.2 Å². The Morgan fingerprint density at radius 1 is 0.297 bits per heavy atom. The van der Waals surface area contributed by atoms with E-state index >= 15 is 0 Å². The summed E-state index contributed by atoms with van der Waals surface area (Å²) in [6.07, 6.45) is -39.0. The van der Waals surface area contributed by atoms with E-state index in [1.165, 1.54) is 129 Å². The lowest BCUT2D eigenvalue weighted by Gasteiger charge is -2.52. The number of allylic oxidation sites excluding steroid dienone is 1. The summed E-state index contributed by atoms with van der Waals surface area (Å²) in [7, 11) is 0. The molecule has 8 saturated heterocycles. The molecule has 46 nitrogen and oxygen atoms in total. The molecular weight excluding hydrogens is 1830 g/mol. The second kappa shape index (κ2) is 61.6. The van der Waals surface area contributed by atoms with E-state index < -0.39 is 328 Å². The maximum absolute atomic E-state index is 13.6. The zero-order valence-electron chi connectivity index (χ0n) is 80.3. The number of aliphatic hydroxyl groups excluding tert-OH is 22. The number of nitrogens with one attached hydrogen (secondary N) is 4. The van der Waals surface area contributed by atoms with Gasteiger partial charge in [0.1, 0.15) is 189 Å². The number of aliphatic hydroxyl groups is 22. The summed E-state index contributed by atoms with van der Waals surface area (Å²) in [5.41, 5.74) is 0. The van der Waals surface area contributed by atoms with Gasteiger partial charge in [0.25, 0.3) is 0 Å². The third kappa shape index (κ3) is 34.3. The molecule has 46 heteroatoms. The average Bonchev–Trinajstić information content (AvgIpc) is 0.763. The van der Waals surface area contributed by atoms with Gasteiger partial charge in [-0.1, -0.05) is 193 Å². The van der Waals surface area contributed by atoms with Crippen LogP contribution in [0.5, 0.6) is 0 Å². The van der Waals surface area contributed by atoms with Crippen LogP contribution < -0.4 is 21.3 Å². The van der Waals surface area contributed by atoms with E-state index in [0.717, 1.165) is 72.1 Å². The standard InChI is InChI=1S/C92H164N4O42/c1-7-9-11-13-15-17-19-21-22-23-24-26-28-30-32-34-36-38-60(108)96-51(52(107)37-35-33-31-29-27-25-20-18-16-14-12-10-8-2)46-123-88-74(119)72(117)79(58(44-102)131-88)133-91-75(120)82(66(111)54(40-98)127-91)137-86-62(94-49(5)105)70(115)78(57(43-101)129-86)132-90-76(121)84(68(113)55(41-99)126-90)138-87-63(95-50(6)106)81(135-89-73(118)71(116)64(109)47(3)124-89)80(59(45-103)130-87)134-92-77(122)83(67(112)56(42-100)128-92)136-85-61(93-48(4)104)69(114)65(110)53(39-97)125-85/h35,37,47,51-59,61-92,97-103,107,109-122H,7-34,36,38-46H2,1-6H3,(H,93,104)(H,94,105)(H,95,106)(H,96,108)/b37-35+/t47?,51-,52+,53?,54?,55?,56?,57?,58?,59?,61?,62?,63?,64+,65+,66-,67-,68-,69+,70+,71?,72+,73-,74?,75?,76?,77?,78+,79+,80+,81+,82-,83-,84-,85-,86-,87-,88+,89+,90-,91-,92-/m0/s1. The Hall–Kier alpha value is -3.90.